The minimum atomic E-state index is -0.198. The summed E-state index contributed by atoms with van der Waals surface area (Å²) in [6.07, 6.45) is 0. The van der Waals surface area contributed by atoms with E-state index >= 15 is 0 Å². The van der Waals surface area contributed by atoms with Gasteiger partial charge in [-0.1, -0.05) is 0 Å². The molecule has 74 valence electrons. The van der Waals surface area contributed by atoms with Crippen molar-refractivity contribution in [2.24, 2.45) is 5.73 Å². The molecule has 0 aliphatic carbocycles. The molecule has 0 amide bonds. The van der Waals surface area contributed by atoms with E-state index in [9.17, 15) is 4.79 Å². The van der Waals surface area contributed by atoms with Crippen LogP contribution in [0.3, 0.4) is 0 Å². The lowest BCUT2D eigenvalue weighted by molar-refractivity contribution is 0.545. The molecule has 0 aliphatic heterocycles. The van der Waals surface area contributed by atoms with Gasteiger partial charge in [0.25, 0.3) is 5.56 Å². The first-order valence-corrected chi connectivity index (χ1v) is 4.28. The van der Waals surface area contributed by atoms with Gasteiger partial charge in [0.1, 0.15) is 11.5 Å². The number of hydrogen-bond donors (Lipinski definition) is 3. The Morgan fingerprint density at radius 2 is 2.21 bits per heavy atom. The molecule has 0 aromatic carbocycles. The fourth-order valence-corrected chi connectivity index (χ4v) is 1.36. The van der Waals surface area contributed by atoms with Gasteiger partial charge in [0, 0.05) is 6.54 Å². The largest absolute Gasteiger partial charge is 0.460 e. The lowest BCUT2D eigenvalue weighted by Gasteiger charge is -1.94. The predicted octanol–water partition coefficient (Wildman–Crippen LogP) is 0.730. The first-order chi connectivity index (χ1) is 6.72. The summed E-state index contributed by atoms with van der Waals surface area (Å²) in [6.45, 7) is 2.03. The van der Waals surface area contributed by atoms with Crippen molar-refractivity contribution >= 4 is 0 Å². The second kappa shape index (κ2) is 3.19. The van der Waals surface area contributed by atoms with Gasteiger partial charge >= 0.3 is 0 Å². The van der Waals surface area contributed by atoms with Gasteiger partial charge in [0.05, 0.1) is 5.56 Å². The summed E-state index contributed by atoms with van der Waals surface area (Å²) >= 11 is 0. The second-order valence-corrected chi connectivity index (χ2v) is 3.05. The van der Waals surface area contributed by atoms with Gasteiger partial charge < -0.3 is 10.2 Å². The summed E-state index contributed by atoms with van der Waals surface area (Å²) < 4.78 is 5.38. The second-order valence-electron chi connectivity index (χ2n) is 3.05. The molecule has 0 fully saturated rings. The highest BCUT2D eigenvalue weighted by Gasteiger charge is 2.12. The maximum atomic E-state index is 11.2. The van der Waals surface area contributed by atoms with E-state index in [2.05, 4.69) is 10.2 Å². The number of hydrogen-bond acceptors (Lipinski definition) is 3. The number of rotatable bonds is 2. The van der Waals surface area contributed by atoms with Crippen LogP contribution in [-0.2, 0) is 6.54 Å². The van der Waals surface area contributed by atoms with E-state index in [1.54, 1.807) is 6.07 Å². The summed E-state index contributed by atoms with van der Waals surface area (Å²) in [6, 6.07) is 3.63. The molecule has 0 atom stereocenters. The average Bonchev–Trinajstić information content (AvgIpc) is 2.71. The Labute approximate surface area is 79.9 Å². The summed E-state index contributed by atoms with van der Waals surface area (Å²) in [5.41, 5.74) is 6.40. The van der Waals surface area contributed by atoms with Gasteiger partial charge in [-0.05, 0) is 19.1 Å². The molecule has 0 aliphatic rings. The molecule has 0 saturated heterocycles. The number of H-pyrrole nitrogens is 2. The van der Waals surface area contributed by atoms with E-state index in [4.69, 9.17) is 10.2 Å². The fraction of sp³-hybridized carbons (Fsp3) is 0.222. The van der Waals surface area contributed by atoms with Crippen LogP contribution in [0.1, 0.15) is 11.3 Å². The summed E-state index contributed by atoms with van der Waals surface area (Å²) in [5, 5.41) is 5.22. The van der Waals surface area contributed by atoms with Crippen molar-refractivity contribution in [1.82, 2.24) is 10.2 Å². The van der Waals surface area contributed by atoms with Gasteiger partial charge in [-0.25, -0.2) is 0 Å². The molecule has 2 heterocycles. The van der Waals surface area contributed by atoms with Crippen LogP contribution in [0, 0.1) is 6.92 Å². The monoisotopic (exact) mass is 193 g/mol. The van der Waals surface area contributed by atoms with Crippen molar-refractivity contribution in [2.75, 3.05) is 0 Å². The van der Waals surface area contributed by atoms with Gasteiger partial charge in [-0.2, -0.15) is 0 Å². The molecular formula is C9H11N3O2. The zero-order valence-electron chi connectivity index (χ0n) is 7.76. The van der Waals surface area contributed by atoms with Crippen LogP contribution in [0.15, 0.2) is 21.3 Å². The Morgan fingerprint density at radius 3 is 2.79 bits per heavy atom. The zero-order chi connectivity index (χ0) is 10.1. The van der Waals surface area contributed by atoms with Crippen LogP contribution in [0.2, 0.25) is 0 Å². The molecule has 0 bridgehead atoms. The van der Waals surface area contributed by atoms with Gasteiger partial charge in [0.15, 0.2) is 5.76 Å². The molecule has 0 radical (unpaired) electrons. The van der Waals surface area contributed by atoms with Crippen molar-refractivity contribution in [3.05, 3.63) is 33.8 Å². The van der Waals surface area contributed by atoms with Crippen LogP contribution in [0.4, 0.5) is 0 Å². The molecule has 4 N–H and O–H groups in total. The smallest absolute Gasteiger partial charge is 0.269 e. The molecular weight excluding hydrogens is 182 g/mol. The zero-order valence-corrected chi connectivity index (χ0v) is 7.76. The Balaban J connectivity index is 2.56. The topological polar surface area (TPSA) is 87.8 Å². The molecule has 2 rings (SSSR count). The maximum absolute atomic E-state index is 11.2. The van der Waals surface area contributed by atoms with E-state index < -0.39 is 0 Å². The van der Waals surface area contributed by atoms with E-state index in [1.807, 2.05) is 13.0 Å². The first kappa shape index (κ1) is 8.83. The first-order valence-electron chi connectivity index (χ1n) is 4.28. The minimum Gasteiger partial charge on any atom is -0.460 e. The van der Waals surface area contributed by atoms with Crippen LogP contribution in [-0.4, -0.2) is 10.2 Å². The maximum Gasteiger partial charge on any atom is 0.269 e. The number of nitrogens with one attached hydrogen (secondary N) is 2. The Kier molecular flexibility index (Phi) is 2.01. The summed E-state index contributed by atoms with van der Waals surface area (Å²) in [4.78, 5) is 11.2. The van der Waals surface area contributed by atoms with Crippen LogP contribution in [0.25, 0.3) is 11.5 Å². The highest BCUT2D eigenvalue weighted by atomic mass is 16.3. The van der Waals surface area contributed by atoms with Crippen LogP contribution in [0.5, 0.6) is 0 Å². The number of aromatic nitrogens is 2. The van der Waals surface area contributed by atoms with Crippen LogP contribution < -0.4 is 11.3 Å². The molecule has 5 nitrogen and oxygen atoms in total. The van der Waals surface area contributed by atoms with Gasteiger partial charge in [-0.3, -0.25) is 15.0 Å². The fourth-order valence-electron chi connectivity index (χ4n) is 1.36. The third kappa shape index (κ3) is 1.27. The van der Waals surface area contributed by atoms with Crippen molar-refractivity contribution in [3.63, 3.8) is 0 Å². The van der Waals surface area contributed by atoms with Crippen LogP contribution >= 0.6 is 0 Å². The third-order valence-electron chi connectivity index (χ3n) is 2.07. The molecule has 14 heavy (non-hydrogen) atoms. The van der Waals surface area contributed by atoms with Gasteiger partial charge in [0.2, 0.25) is 0 Å². The molecule has 2 aromatic heterocycles. The highest BCUT2D eigenvalue weighted by molar-refractivity contribution is 5.56. The molecule has 2 aromatic rings. The Morgan fingerprint density at radius 1 is 1.43 bits per heavy atom. The SMILES string of the molecule is Cc1ccc(-c2[nH][nH]c(=O)c2CN)o1. The number of aromatic amines is 2. The molecule has 5 heteroatoms. The predicted molar refractivity (Wildman–Crippen MR) is 51.7 cm³/mol. The Hall–Kier alpha value is -1.75. The van der Waals surface area contributed by atoms with Crippen molar-refractivity contribution < 1.29 is 4.42 Å². The number of aryl methyl sites for hydroxylation is 1. The molecule has 0 saturated carbocycles. The minimum absolute atomic E-state index is 0.188. The van der Waals surface area contributed by atoms with E-state index in [0.29, 0.717) is 17.0 Å². The molecule has 0 spiro atoms. The lowest BCUT2D eigenvalue weighted by Crippen LogP contribution is -2.10. The average molecular weight is 193 g/mol. The molecule has 0 unspecified atom stereocenters. The summed E-state index contributed by atoms with van der Waals surface area (Å²) in [5.74, 6) is 1.42. The lowest BCUT2D eigenvalue weighted by atomic mass is 10.2. The standard InChI is InChI=1S/C9H11N3O2/c1-5-2-3-7(14-5)8-6(4-10)9(13)12-11-8/h2-3H,4,10H2,1H3,(H2,11,12,13). The van der Waals surface area contributed by atoms with E-state index in [1.165, 1.54) is 0 Å². The Bertz CT molecular complexity index is 492. The van der Waals surface area contributed by atoms with Crippen molar-refractivity contribution in [2.45, 2.75) is 13.5 Å². The van der Waals surface area contributed by atoms with Crippen molar-refractivity contribution in [1.29, 1.82) is 0 Å². The van der Waals surface area contributed by atoms with Gasteiger partial charge in [-0.15, -0.1) is 0 Å². The third-order valence-corrected chi connectivity index (χ3v) is 2.07. The van der Waals surface area contributed by atoms with E-state index in [-0.39, 0.29) is 12.1 Å². The van der Waals surface area contributed by atoms with E-state index in [0.717, 1.165) is 5.76 Å². The highest BCUT2D eigenvalue weighted by Crippen LogP contribution is 2.20. The number of furan rings is 1. The summed E-state index contributed by atoms with van der Waals surface area (Å²) in [7, 11) is 0. The van der Waals surface area contributed by atoms with Crippen molar-refractivity contribution in [3.8, 4) is 11.5 Å². The normalized spacial score (nSPS) is 10.7. The quantitative estimate of drug-likeness (QED) is 0.657. The number of nitrogens with two attached hydrogens (primary N) is 1.